The highest BCUT2D eigenvalue weighted by Crippen LogP contribution is 2.31. The summed E-state index contributed by atoms with van der Waals surface area (Å²) in [5.74, 6) is 0.844. The highest BCUT2D eigenvalue weighted by Gasteiger charge is 2.14. The number of aromatic nitrogens is 2. The molecule has 0 unspecified atom stereocenters. The highest BCUT2D eigenvalue weighted by atomic mass is 35.5. The van der Waals surface area contributed by atoms with E-state index in [0.717, 1.165) is 45.0 Å². The lowest BCUT2D eigenvalue weighted by atomic mass is 10.0. The van der Waals surface area contributed by atoms with Crippen LogP contribution < -0.4 is 5.73 Å². The maximum atomic E-state index is 11.0. The van der Waals surface area contributed by atoms with Crippen LogP contribution in [0.5, 0.6) is 0 Å². The third kappa shape index (κ3) is 5.66. The molecule has 1 aromatic heterocycles. The summed E-state index contributed by atoms with van der Waals surface area (Å²) in [5.41, 5.74) is 12.4. The van der Waals surface area contributed by atoms with E-state index in [0.29, 0.717) is 23.0 Å². The molecule has 0 saturated heterocycles. The lowest BCUT2D eigenvalue weighted by molar-refractivity contribution is -0.384. The Balaban J connectivity index is 1.47. The van der Waals surface area contributed by atoms with Crippen molar-refractivity contribution in [3.8, 4) is 22.4 Å². The van der Waals surface area contributed by atoms with Crippen molar-refractivity contribution in [2.45, 2.75) is 13.0 Å². The largest absolute Gasteiger partial charge is 0.399 e. The third-order valence-electron chi connectivity index (χ3n) is 6.10. The molecule has 0 spiro atoms. The van der Waals surface area contributed by atoms with E-state index in [4.69, 9.17) is 33.9 Å². The molecule has 0 atom stereocenters. The molecule has 0 aliphatic carbocycles. The van der Waals surface area contributed by atoms with Crippen molar-refractivity contribution < 1.29 is 4.92 Å². The first kappa shape index (κ1) is 24.6. The molecule has 0 fully saturated rings. The summed E-state index contributed by atoms with van der Waals surface area (Å²) in [5, 5.41) is 12.1. The zero-order valence-electron chi connectivity index (χ0n) is 19.6. The number of nitrogen functional groups attached to an aromatic ring is 1. The molecule has 5 aromatic rings. The predicted octanol–water partition coefficient (Wildman–Crippen LogP) is 7.65. The summed E-state index contributed by atoms with van der Waals surface area (Å²) in [7, 11) is 0. The molecule has 5 rings (SSSR count). The first-order chi connectivity index (χ1) is 17.9. The fourth-order valence-corrected chi connectivity index (χ4v) is 4.70. The van der Waals surface area contributed by atoms with Gasteiger partial charge in [-0.1, -0.05) is 71.7 Å². The van der Waals surface area contributed by atoms with Gasteiger partial charge in [0.2, 0.25) is 0 Å². The second kappa shape index (κ2) is 10.5. The molecular weight excluding hydrogens is 507 g/mol. The van der Waals surface area contributed by atoms with E-state index in [1.54, 1.807) is 24.3 Å². The number of rotatable bonds is 7. The van der Waals surface area contributed by atoms with Crippen molar-refractivity contribution in [3.63, 3.8) is 0 Å². The van der Waals surface area contributed by atoms with Crippen LogP contribution in [0.3, 0.4) is 0 Å². The van der Waals surface area contributed by atoms with Crippen LogP contribution in [0.1, 0.15) is 17.0 Å². The van der Waals surface area contributed by atoms with Crippen LogP contribution in [0.15, 0.2) is 97.2 Å². The quantitative estimate of drug-likeness (QED) is 0.133. The molecule has 0 saturated carbocycles. The number of imidazole rings is 1. The Morgan fingerprint density at radius 2 is 1.59 bits per heavy atom. The second-order valence-corrected chi connectivity index (χ2v) is 9.56. The molecule has 0 amide bonds. The Bertz CT molecular complexity index is 1580. The Morgan fingerprint density at radius 1 is 0.865 bits per heavy atom. The molecule has 6 nitrogen and oxygen atoms in total. The van der Waals surface area contributed by atoms with E-state index in [1.165, 1.54) is 12.1 Å². The average Bonchev–Trinajstić information content (AvgIpc) is 3.26. The lowest BCUT2D eigenvalue weighted by Gasteiger charge is -2.09. The molecule has 0 radical (unpaired) electrons. The van der Waals surface area contributed by atoms with Crippen molar-refractivity contribution >= 4 is 34.6 Å². The minimum absolute atomic E-state index is 0.0588. The van der Waals surface area contributed by atoms with E-state index in [-0.39, 0.29) is 5.69 Å². The minimum atomic E-state index is -0.402. The maximum absolute atomic E-state index is 11.0. The Morgan fingerprint density at radius 3 is 2.27 bits per heavy atom. The topological polar surface area (TPSA) is 87.0 Å². The number of benzene rings is 4. The third-order valence-corrected chi connectivity index (χ3v) is 6.65. The van der Waals surface area contributed by atoms with Crippen molar-refractivity contribution in [1.82, 2.24) is 9.55 Å². The molecule has 184 valence electrons. The summed E-state index contributed by atoms with van der Waals surface area (Å²) in [6.07, 6.45) is 2.54. The fraction of sp³-hybridized carbons (Fsp3) is 0.0690. The summed E-state index contributed by atoms with van der Waals surface area (Å²) >= 11 is 12.6. The normalized spacial score (nSPS) is 11.0. The van der Waals surface area contributed by atoms with Crippen LogP contribution in [-0.2, 0) is 13.0 Å². The predicted molar refractivity (Wildman–Crippen MR) is 149 cm³/mol. The summed E-state index contributed by atoms with van der Waals surface area (Å²) < 4.78 is 2.05. The van der Waals surface area contributed by atoms with Crippen LogP contribution in [0.2, 0.25) is 10.0 Å². The number of nitrogens with two attached hydrogens (primary N) is 1. The summed E-state index contributed by atoms with van der Waals surface area (Å²) in [4.78, 5) is 15.5. The van der Waals surface area contributed by atoms with Crippen molar-refractivity contribution in [3.05, 3.63) is 134 Å². The zero-order valence-corrected chi connectivity index (χ0v) is 21.2. The van der Waals surface area contributed by atoms with E-state index in [1.807, 2.05) is 41.1 Å². The first-order valence-corrected chi connectivity index (χ1v) is 12.3. The number of nitro groups is 1. The van der Waals surface area contributed by atoms with E-state index in [9.17, 15) is 10.1 Å². The van der Waals surface area contributed by atoms with Gasteiger partial charge >= 0.3 is 0 Å². The van der Waals surface area contributed by atoms with Crippen molar-refractivity contribution in [1.29, 1.82) is 0 Å². The molecule has 0 aliphatic heterocycles. The van der Waals surface area contributed by atoms with E-state index in [2.05, 4.69) is 24.3 Å². The Labute approximate surface area is 224 Å². The van der Waals surface area contributed by atoms with Crippen LogP contribution >= 0.6 is 23.2 Å². The van der Waals surface area contributed by atoms with Gasteiger partial charge in [0.15, 0.2) is 0 Å². The van der Waals surface area contributed by atoms with Crippen molar-refractivity contribution in [2.24, 2.45) is 0 Å². The number of anilines is 1. The van der Waals surface area contributed by atoms with Crippen molar-refractivity contribution in [2.75, 3.05) is 5.73 Å². The van der Waals surface area contributed by atoms with Gasteiger partial charge in [0, 0.05) is 47.6 Å². The Hall–Kier alpha value is -4.13. The van der Waals surface area contributed by atoms with Gasteiger partial charge in [0.1, 0.15) is 5.82 Å². The fourth-order valence-electron chi connectivity index (χ4n) is 4.19. The van der Waals surface area contributed by atoms with Gasteiger partial charge in [-0.25, -0.2) is 4.98 Å². The van der Waals surface area contributed by atoms with Gasteiger partial charge in [-0.3, -0.25) is 10.1 Å². The number of non-ortho nitro benzene ring substituents is 1. The van der Waals surface area contributed by atoms with Gasteiger partial charge in [0.25, 0.3) is 5.69 Å². The molecule has 37 heavy (non-hydrogen) atoms. The monoisotopic (exact) mass is 528 g/mol. The van der Waals surface area contributed by atoms with Crippen LogP contribution in [-0.4, -0.2) is 14.5 Å². The molecule has 4 aromatic carbocycles. The average molecular weight is 529 g/mol. The molecule has 0 aliphatic rings. The highest BCUT2D eigenvalue weighted by molar-refractivity contribution is 6.36. The number of nitro benzene ring substituents is 1. The molecule has 0 bridgehead atoms. The van der Waals surface area contributed by atoms with Crippen LogP contribution in [0.25, 0.3) is 22.4 Å². The van der Waals surface area contributed by atoms with Gasteiger partial charge in [-0.2, -0.15) is 0 Å². The zero-order chi connectivity index (χ0) is 25.9. The van der Waals surface area contributed by atoms with Gasteiger partial charge in [-0.05, 0) is 52.6 Å². The lowest BCUT2D eigenvalue weighted by Crippen LogP contribution is -2.05. The molecule has 2 N–H and O–H groups in total. The Kier molecular flexibility index (Phi) is 6.95. The smallest absolute Gasteiger partial charge is 0.269 e. The van der Waals surface area contributed by atoms with E-state index >= 15 is 0 Å². The van der Waals surface area contributed by atoms with Gasteiger partial charge in [0.05, 0.1) is 15.6 Å². The number of hydrogen-bond acceptors (Lipinski definition) is 4. The molecule has 8 heteroatoms. The van der Waals surface area contributed by atoms with Gasteiger partial charge in [-0.15, -0.1) is 0 Å². The SMILES string of the molecule is Nc1cccc(-c2ccc(Cc3nc(-c4ccc(Cl)cc4Cl)cn3Cc3ccc([N+](=O)[O-])cc3)cc2)c1. The summed E-state index contributed by atoms with van der Waals surface area (Å²) in [6, 6.07) is 28.0. The second-order valence-electron chi connectivity index (χ2n) is 8.72. The molecule has 1 heterocycles. The number of nitrogens with zero attached hydrogens (tertiary/aromatic N) is 3. The van der Waals surface area contributed by atoms with Crippen LogP contribution in [0, 0.1) is 10.1 Å². The van der Waals surface area contributed by atoms with Crippen LogP contribution in [0.4, 0.5) is 11.4 Å². The summed E-state index contributed by atoms with van der Waals surface area (Å²) in [6.45, 7) is 0.507. The first-order valence-electron chi connectivity index (χ1n) is 11.6. The molecular formula is C29H22Cl2N4O2. The standard InChI is InChI=1S/C29H22Cl2N4O2/c30-23-10-13-26(27(31)16-23)28-18-34(17-20-6-11-25(12-7-20)35(36)37)29(33-28)14-19-4-8-21(9-5-19)22-2-1-3-24(32)15-22/h1-13,15-16,18H,14,17,32H2. The number of halogens is 2. The minimum Gasteiger partial charge on any atom is -0.399 e. The maximum Gasteiger partial charge on any atom is 0.269 e. The number of hydrogen-bond donors (Lipinski definition) is 1. The van der Waals surface area contributed by atoms with E-state index < -0.39 is 4.92 Å². The van der Waals surface area contributed by atoms with Gasteiger partial charge < -0.3 is 10.3 Å².